The molecule has 1 saturated heterocycles. The monoisotopic (exact) mass is 633 g/mol. The highest BCUT2D eigenvalue weighted by molar-refractivity contribution is 5.97. The van der Waals surface area contributed by atoms with Crippen LogP contribution in [0.1, 0.15) is 64.5 Å². The summed E-state index contributed by atoms with van der Waals surface area (Å²) in [5.74, 6) is 0.603. The first-order chi connectivity index (χ1) is 21.1. The maximum Gasteiger partial charge on any atom is 0.416 e. The van der Waals surface area contributed by atoms with Gasteiger partial charge in [-0.05, 0) is 77.6 Å². The number of aliphatic hydroxyl groups excluding tert-OH is 1. The molecule has 1 aliphatic carbocycles. The number of amides is 1. The van der Waals surface area contributed by atoms with Crippen molar-refractivity contribution in [3.8, 4) is 5.88 Å². The number of hydrogen-bond donors (Lipinski definition) is 5. The second-order valence-electron chi connectivity index (χ2n) is 13.0. The van der Waals surface area contributed by atoms with Crippen molar-refractivity contribution in [2.75, 3.05) is 31.6 Å². The number of benzene rings is 1. The van der Waals surface area contributed by atoms with Crippen LogP contribution in [0.4, 0.5) is 23.8 Å². The standard InChI is InChI=1S/C31H42F3N7O4/c1-5-45-26-9-7-20(15-35-26)30(44)12-10-22(11-13-30)40-17-21(18-40)37-25(42)16-36-27-23-14-19(31(32,33)34)6-8-24(23)41(39-27)28(43)38-29(2,3)4/h6-9,14-15,21-22,25,37,42,44H,5,10-13,16-18H2,1-4H3,(H,36,39)(H,38,43). The summed E-state index contributed by atoms with van der Waals surface area (Å²) in [6.07, 6.45) is -0.972. The van der Waals surface area contributed by atoms with Crippen molar-refractivity contribution in [3.05, 3.63) is 47.7 Å². The van der Waals surface area contributed by atoms with Crippen LogP contribution in [0, 0.1) is 0 Å². The summed E-state index contributed by atoms with van der Waals surface area (Å²) in [6, 6.07) is 6.52. The predicted molar refractivity (Wildman–Crippen MR) is 163 cm³/mol. The van der Waals surface area contributed by atoms with Gasteiger partial charge in [0.1, 0.15) is 6.23 Å². The lowest BCUT2D eigenvalue weighted by Crippen LogP contribution is -2.64. The Bertz CT molecular complexity index is 1480. The van der Waals surface area contributed by atoms with E-state index < -0.39 is 35.1 Å². The van der Waals surface area contributed by atoms with Crippen LogP contribution in [0.3, 0.4) is 0 Å². The van der Waals surface area contributed by atoms with E-state index in [9.17, 15) is 28.2 Å². The molecule has 0 spiro atoms. The summed E-state index contributed by atoms with van der Waals surface area (Å²) in [5.41, 5.74) is -1.35. The van der Waals surface area contributed by atoms with Gasteiger partial charge in [-0.1, -0.05) is 0 Å². The number of likely N-dealkylation sites (tertiary alicyclic amines) is 1. The molecule has 3 aromatic rings. The van der Waals surface area contributed by atoms with Gasteiger partial charge < -0.3 is 25.6 Å². The molecular weight excluding hydrogens is 591 g/mol. The summed E-state index contributed by atoms with van der Waals surface area (Å²) >= 11 is 0. The molecule has 1 atom stereocenters. The molecule has 5 N–H and O–H groups in total. The lowest BCUT2D eigenvalue weighted by molar-refractivity contribution is -0.137. The van der Waals surface area contributed by atoms with Crippen LogP contribution in [-0.4, -0.2) is 86.0 Å². The number of pyridine rings is 1. The van der Waals surface area contributed by atoms with Crippen LogP contribution in [0.25, 0.3) is 10.9 Å². The maximum atomic E-state index is 13.5. The number of nitrogens with zero attached hydrogens (tertiary/aromatic N) is 4. The third-order valence-electron chi connectivity index (χ3n) is 8.35. The largest absolute Gasteiger partial charge is 0.478 e. The molecule has 2 aromatic heterocycles. The van der Waals surface area contributed by atoms with Crippen LogP contribution >= 0.6 is 0 Å². The van der Waals surface area contributed by atoms with Crippen LogP contribution in [0.2, 0.25) is 0 Å². The molecule has 0 radical (unpaired) electrons. The molecular formula is C31H42F3N7O4. The maximum absolute atomic E-state index is 13.5. The highest BCUT2D eigenvalue weighted by Crippen LogP contribution is 2.40. The number of anilines is 1. The van der Waals surface area contributed by atoms with E-state index in [-0.39, 0.29) is 29.3 Å². The predicted octanol–water partition coefficient (Wildman–Crippen LogP) is 4.04. The average molecular weight is 634 g/mol. The van der Waals surface area contributed by atoms with Gasteiger partial charge in [-0.15, -0.1) is 5.10 Å². The number of nitrogens with one attached hydrogen (secondary N) is 3. The molecule has 3 heterocycles. The van der Waals surface area contributed by atoms with E-state index in [1.165, 1.54) is 6.07 Å². The Labute approximate surface area is 260 Å². The van der Waals surface area contributed by atoms with Gasteiger partial charge >= 0.3 is 12.2 Å². The van der Waals surface area contributed by atoms with Gasteiger partial charge in [0, 0.05) is 53.9 Å². The van der Waals surface area contributed by atoms with E-state index >= 15 is 0 Å². The molecule has 0 bridgehead atoms. The molecule has 1 unspecified atom stereocenters. The highest BCUT2D eigenvalue weighted by atomic mass is 19.4. The van der Waals surface area contributed by atoms with Gasteiger partial charge in [0.15, 0.2) is 5.82 Å². The normalized spacial score (nSPS) is 22.2. The summed E-state index contributed by atoms with van der Waals surface area (Å²) in [6.45, 7) is 9.21. The average Bonchev–Trinajstić information content (AvgIpc) is 3.32. The fourth-order valence-electron chi connectivity index (χ4n) is 6.02. The van der Waals surface area contributed by atoms with Crippen molar-refractivity contribution in [3.63, 3.8) is 0 Å². The summed E-state index contributed by atoms with van der Waals surface area (Å²) in [7, 11) is 0. The second kappa shape index (κ2) is 12.7. The quantitative estimate of drug-likeness (QED) is 0.221. The Morgan fingerprint density at radius 3 is 2.47 bits per heavy atom. The van der Waals surface area contributed by atoms with E-state index in [1.54, 1.807) is 33.0 Å². The molecule has 2 fully saturated rings. The van der Waals surface area contributed by atoms with E-state index in [0.29, 0.717) is 31.4 Å². The Morgan fingerprint density at radius 2 is 1.87 bits per heavy atom. The summed E-state index contributed by atoms with van der Waals surface area (Å²) in [4.78, 5) is 19.5. The molecule has 14 heteroatoms. The zero-order valence-electron chi connectivity index (χ0n) is 26.0. The lowest BCUT2D eigenvalue weighted by Gasteiger charge is -2.48. The van der Waals surface area contributed by atoms with Crippen molar-refractivity contribution in [1.82, 2.24) is 30.3 Å². The molecule has 45 heavy (non-hydrogen) atoms. The SMILES string of the molecule is CCOc1ccc(C2(O)CCC(N3CC(NC(O)CNc4nn(C(=O)NC(C)(C)C)c5ccc(C(F)(F)F)cc45)C3)CC2)cn1. The lowest BCUT2D eigenvalue weighted by atomic mass is 9.77. The molecule has 1 aliphatic heterocycles. The number of rotatable bonds is 9. The number of hydrogen-bond acceptors (Lipinski definition) is 9. The molecule has 2 aliphatic rings. The van der Waals surface area contributed by atoms with Crippen LogP contribution in [0.15, 0.2) is 36.5 Å². The molecule has 5 rings (SSSR count). The number of ether oxygens (including phenoxy) is 1. The van der Waals surface area contributed by atoms with E-state index in [4.69, 9.17) is 4.74 Å². The number of carbonyl (C=O) groups is 1. The molecule has 1 saturated carbocycles. The van der Waals surface area contributed by atoms with Gasteiger partial charge in [0.05, 0.1) is 29.8 Å². The zero-order chi connectivity index (χ0) is 32.6. The Morgan fingerprint density at radius 1 is 1.16 bits per heavy atom. The number of carbonyl (C=O) groups excluding carboxylic acids is 1. The van der Waals surface area contributed by atoms with E-state index in [0.717, 1.165) is 48.3 Å². The number of aliphatic hydroxyl groups is 2. The first-order valence-corrected chi connectivity index (χ1v) is 15.3. The molecule has 1 amide bonds. The Hall–Kier alpha value is -3.46. The van der Waals surface area contributed by atoms with Gasteiger partial charge in [0.25, 0.3) is 0 Å². The molecule has 246 valence electrons. The van der Waals surface area contributed by atoms with Gasteiger partial charge in [0.2, 0.25) is 5.88 Å². The third-order valence-corrected chi connectivity index (χ3v) is 8.35. The minimum atomic E-state index is -4.57. The number of alkyl halides is 3. The van der Waals surface area contributed by atoms with E-state index in [2.05, 4.69) is 30.9 Å². The van der Waals surface area contributed by atoms with E-state index in [1.807, 2.05) is 13.0 Å². The number of halogens is 3. The minimum Gasteiger partial charge on any atom is -0.478 e. The van der Waals surface area contributed by atoms with Crippen LogP contribution in [-0.2, 0) is 11.8 Å². The minimum absolute atomic E-state index is 0.0293. The van der Waals surface area contributed by atoms with Crippen molar-refractivity contribution < 1.29 is 32.9 Å². The van der Waals surface area contributed by atoms with Crippen molar-refractivity contribution >= 4 is 22.8 Å². The van der Waals surface area contributed by atoms with Crippen molar-refractivity contribution in [1.29, 1.82) is 0 Å². The topological polar surface area (TPSA) is 137 Å². The summed E-state index contributed by atoms with van der Waals surface area (Å²) in [5, 5.41) is 35.1. The fourth-order valence-corrected chi connectivity index (χ4v) is 6.02. The first-order valence-electron chi connectivity index (χ1n) is 15.3. The fraction of sp³-hybridized carbons (Fsp3) is 0.581. The summed E-state index contributed by atoms with van der Waals surface area (Å²) < 4.78 is 46.8. The van der Waals surface area contributed by atoms with Crippen molar-refractivity contribution in [2.45, 2.75) is 89.0 Å². The molecule has 11 nitrogen and oxygen atoms in total. The van der Waals surface area contributed by atoms with Crippen LogP contribution < -0.4 is 20.7 Å². The van der Waals surface area contributed by atoms with Gasteiger partial charge in [-0.2, -0.15) is 17.9 Å². The Kier molecular flexibility index (Phi) is 9.32. The number of fused-ring (bicyclic) bond motifs is 1. The van der Waals surface area contributed by atoms with Crippen LogP contribution in [0.5, 0.6) is 5.88 Å². The highest BCUT2D eigenvalue weighted by Gasteiger charge is 2.40. The zero-order valence-corrected chi connectivity index (χ0v) is 26.0. The Balaban J connectivity index is 1.14. The third kappa shape index (κ3) is 7.68. The van der Waals surface area contributed by atoms with Gasteiger partial charge in [-0.3, -0.25) is 10.2 Å². The smallest absolute Gasteiger partial charge is 0.416 e. The first kappa shape index (κ1) is 32.9. The van der Waals surface area contributed by atoms with Gasteiger partial charge in [-0.25, -0.2) is 9.78 Å². The number of aromatic nitrogens is 3. The second-order valence-corrected chi connectivity index (χ2v) is 13.0. The van der Waals surface area contributed by atoms with Crippen molar-refractivity contribution in [2.24, 2.45) is 0 Å². The molecule has 1 aromatic carbocycles.